The van der Waals surface area contributed by atoms with Crippen molar-refractivity contribution in [3.05, 3.63) is 54.1 Å². The highest BCUT2D eigenvalue weighted by Gasteiger charge is 2.13. The SMILES string of the molecule is CCNS(=O)(=O)c1ccc(C(=O)Nc2cccc(SC)c2)cc1. The van der Waals surface area contributed by atoms with Crippen LogP contribution in [0.25, 0.3) is 0 Å². The molecule has 0 saturated heterocycles. The lowest BCUT2D eigenvalue weighted by Gasteiger charge is -2.08. The normalized spacial score (nSPS) is 11.2. The Labute approximate surface area is 140 Å². The first-order chi connectivity index (χ1) is 11.0. The Bertz CT molecular complexity index is 787. The van der Waals surface area contributed by atoms with Gasteiger partial charge in [0.25, 0.3) is 5.91 Å². The Hall–Kier alpha value is -1.83. The second-order valence-electron chi connectivity index (χ2n) is 4.71. The van der Waals surface area contributed by atoms with Crippen molar-refractivity contribution in [2.75, 3.05) is 18.1 Å². The minimum Gasteiger partial charge on any atom is -0.322 e. The summed E-state index contributed by atoms with van der Waals surface area (Å²) < 4.78 is 26.1. The molecule has 2 aromatic carbocycles. The third kappa shape index (κ3) is 4.57. The van der Waals surface area contributed by atoms with Crippen molar-refractivity contribution in [1.29, 1.82) is 0 Å². The summed E-state index contributed by atoms with van der Waals surface area (Å²) in [5.74, 6) is -0.282. The van der Waals surface area contributed by atoms with Crippen LogP contribution in [0.15, 0.2) is 58.3 Å². The van der Waals surface area contributed by atoms with Gasteiger partial charge in [-0.3, -0.25) is 4.79 Å². The minimum absolute atomic E-state index is 0.139. The van der Waals surface area contributed by atoms with E-state index in [-0.39, 0.29) is 10.8 Å². The predicted octanol–water partition coefficient (Wildman–Crippen LogP) is 2.96. The zero-order valence-electron chi connectivity index (χ0n) is 12.9. The first kappa shape index (κ1) is 17.5. The molecule has 0 spiro atoms. The Balaban J connectivity index is 2.14. The number of carbonyl (C=O) groups is 1. The number of anilines is 1. The molecule has 2 N–H and O–H groups in total. The molecule has 0 atom stereocenters. The molecule has 0 saturated carbocycles. The average molecular weight is 350 g/mol. The average Bonchev–Trinajstić information content (AvgIpc) is 2.55. The molecule has 1 amide bonds. The van der Waals surface area contributed by atoms with Crippen LogP contribution < -0.4 is 10.0 Å². The number of hydrogen-bond donors (Lipinski definition) is 2. The van der Waals surface area contributed by atoms with E-state index in [1.54, 1.807) is 18.7 Å². The third-order valence-corrected chi connectivity index (χ3v) is 5.38. The van der Waals surface area contributed by atoms with Gasteiger partial charge >= 0.3 is 0 Å². The van der Waals surface area contributed by atoms with E-state index < -0.39 is 10.0 Å². The van der Waals surface area contributed by atoms with E-state index in [0.717, 1.165) is 4.90 Å². The number of sulfonamides is 1. The topological polar surface area (TPSA) is 75.3 Å². The monoisotopic (exact) mass is 350 g/mol. The molecule has 0 unspecified atom stereocenters. The van der Waals surface area contributed by atoms with Gasteiger partial charge in [-0.1, -0.05) is 13.0 Å². The number of hydrogen-bond acceptors (Lipinski definition) is 4. The van der Waals surface area contributed by atoms with Gasteiger partial charge in [0.05, 0.1) is 4.90 Å². The summed E-state index contributed by atoms with van der Waals surface area (Å²) >= 11 is 1.59. The van der Waals surface area contributed by atoms with Crippen molar-refractivity contribution in [3.8, 4) is 0 Å². The number of amides is 1. The maximum atomic E-state index is 12.2. The maximum absolute atomic E-state index is 12.2. The van der Waals surface area contributed by atoms with Crippen LogP contribution in [0.5, 0.6) is 0 Å². The fraction of sp³-hybridized carbons (Fsp3) is 0.188. The Morgan fingerprint density at radius 2 is 1.83 bits per heavy atom. The van der Waals surface area contributed by atoms with Crippen LogP contribution in [0.4, 0.5) is 5.69 Å². The van der Waals surface area contributed by atoms with Crippen molar-refractivity contribution in [3.63, 3.8) is 0 Å². The van der Waals surface area contributed by atoms with Gasteiger partial charge in [-0.25, -0.2) is 13.1 Å². The Morgan fingerprint density at radius 3 is 2.43 bits per heavy atom. The maximum Gasteiger partial charge on any atom is 0.255 e. The van der Waals surface area contributed by atoms with E-state index >= 15 is 0 Å². The smallest absolute Gasteiger partial charge is 0.255 e. The summed E-state index contributed by atoms with van der Waals surface area (Å²) in [6, 6.07) is 13.4. The highest BCUT2D eigenvalue weighted by Crippen LogP contribution is 2.19. The highest BCUT2D eigenvalue weighted by atomic mass is 32.2. The van der Waals surface area contributed by atoms with Crippen molar-refractivity contribution in [1.82, 2.24) is 4.72 Å². The van der Waals surface area contributed by atoms with E-state index in [4.69, 9.17) is 0 Å². The van der Waals surface area contributed by atoms with Gasteiger partial charge in [-0.15, -0.1) is 11.8 Å². The molecule has 0 fully saturated rings. The van der Waals surface area contributed by atoms with Gasteiger partial charge in [-0.05, 0) is 48.7 Å². The fourth-order valence-electron chi connectivity index (χ4n) is 1.96. The number of benzene rings is 2. The quantitative estimate of drug-likeness (QED) is 0.786. The molecule has 0 aliphatic carbocycles. The fourth-order valence-corrected chi connectivity index (χ4v) is 3.46. The standard InChI is InChI=1S/C16H18N2O3S2/c1-3-17-23(20,21)15-9-7-12(8-10-15)16(19)18-13-5-4-6-14(11-13)22-2/h4-11,17H,3H2,1-2H3,(H,18,19). The summed E-state index contributed by atoms with van der Waals surface area (Å²) in [5.41, 5.74) is 1.10. The summed E-state index contributed by atoms with van der Waals surface area (Å²) in [6.45, 7) is 2.03. The molecule has 2 rings (SSSR count). The predicted molar refractivity (Wildman–Crippen MR) is 93.5 cm³/mol. The van der Waals surface area contributed by atoms with Gasteiger partial charge < -0.3 is 5.32 Å². The molecule has 0 bridgehead atoms. The molecule has 2 aromatic rings. The molecule has 0 aromatic heterocycles. The molecule has 23 heavy (non-hydrogen) atoms. The lowest BCUT2D eigenvalue weighted by molar-refractivity contribution is 0.102. The van der Waals surface area contributed by atoms with Crippen LogP contribution in [-0.2, 0) is 10.0 Å². The van der Waals surface area contributed by atoms with Gasteiger partial charge in [-0.2, -0.15) is 0 Å². The van der Waals surface area contributed by atoms with E-state index in [9.17, 15) is 13.2 Å². The molecule has 0 heterocycles. The number of rotatable bonds is 6. The first-order valence-electron chi connectivity index (χ1n) is 7.01. The molecular formula is C16H18N2O3S2. The van der Waals surface area contributed by atoms with Crippen LogP contribution >= 0.6 is 11.8 Å². The molecule has 0 aliphatic heterocycles. The minimum atomic E-state index is -3.51. The lowest BCUT2D eigenvalue weighted by atomic mass is 10.2. The van der Waals surface area contributed by atoms with Crippen LogP contribution in [0.3, 0.4) is 0 Å². The molecule has 122 valence electrons. The summed E-state index contributed by atoms with van der Waals surface area (Å²) in [6.07, 6.45) is 1.96. The van der Waals surface area contributed by atoms with Crippen LogP contribution in [0.2, 0.25) is 0 Å². The van der Waals surface area contributed by atoms with Gasteiger partial charge in [0, 0.05) is 22.7 Å². The number of nitrogens with one attached hydrogen (secondary N) is 2. The summed E-state index contributed by atoms with van der Waals surface area (Å²) in [7, 11) is -3.51. The van der Waals surface area contributed by atoms with Crippen molar-refractivity contribution in [2.24, 2.45) is 0 Å². The third-order valence-electron chi connectivity index (χ3n) is 3.09. The molecule has 5 nitrogen and oxygen atoms in total. The molecule has 0 aliphatic rings. The lowest BCUT2D eigenvalue weighted by Crippen LogP contribution is -2.23. The van der Waals surface area contributed by atoms with Gasteiger partial charge in [0.1, 0.15) is 0 Å². The van der Waals surface area contributed by atoms with Crippen molar-refractivity contribution < 1.29 is 13.2 Å². The largest absolute Gasteiger partial charge is 0.322 e. The number of thioether (sulfide) groups is 1. The van der Waals surface area contributed by atoms with E-state index in [1.807, 2.05) is 30.5 Å². The second-order valence-corrected chi connectivity index (χ2v) is 7.36. The summed E-state index contributed by atoms with van der Waals surface area (Å²) in [4.78, 5) is 13.4. The molecular weight excluding hydrogens is 332 g/mol. The highest BCUT2D eigenvalue weighted by molar-refractivity contribution is 7.98. The zero-order valence-corrected chi connectivity index (χ0v) is 14.5. The summed E-state index contributed by atoms with van der Waals surface area (Å²) in [5, 5.41) is 2.80. The van der Waals surface area contributed by atoms with E-state index in [2.05, 4.69) is 10.0 Å². The van der Waals surface area contributed by atoms with Crippen LogP contribution in [-0.4, -0.2) is 27.1 Å². The van der Waals surface area contributed by atoms with Crippen molar-refractivity contribution >= 4 is 33.4 Å². The number of carbonyl (C=O) groups excluding carboxylic acids is 1. The molecule has 7 heteroatoms. The second kappa shape index (κ2) is 7.63. The van der Waals surface area contributed by atoms with E-state index in [0.29, 0.717) is 17.8 Å². The zero-order chi connectivity index (χ0) is 16.9. The van der Waals surface area contributed by atoms with E-state index in [1.165, 1.54) is 24.3 Å². The van der Waals surface area contributed by atoms with Gasteiger partial charge in [0.15, 0.2) is 0 Å². The van der Waals surface area contributed by atoms with Crippen molar-refractivity contribution in [2.45, 2.75) is 16.7 Å². The van der Waals surface area contributed by atoms with Gasteiger partial charge in [0.2, 0.25) is 10.0 Å². The first-order valence-corrected chi connectivity index (χ1v) is 9.72. The molecule has 0 radical (unpaired) electrons. The Morgan fingerprint density at radius 1 is 1.13 bits per heavy atom. The Kier molecular flexibility index (Phi) is 5.81. The van der Waals surface area contributed by atoms with Crippen LogP contribution in [0.1, 0.15) is 17.3 Å². The van der Waals surface area contributed by atoms with Crippen LogP contribution in [0, 0.1) is 0 Å².